The van der Waals surface area contributed by atoms with Crippen molar-refractivity contribution < 1.29 is 23.8 Å². The van der Waals surface area contributed by atoms with Crippen LogP contribution >= 0.6 is 0 Å². The summed E-state index contributed by atoms with van der Waals surface area (Å²) in [5, 5.41) is 0. The van der Waals surface area contributed by atoms with Crippen LogP contribution in [0.4, 0.5) is 0 Å². The summed E-state index contributed by atoms with van der Waals surface area (Å²) in [4.78, 5) is 26.1. The molecule has 1 saturated carbocycles. The molecule has 5 heteroatoms. The van der Waals surface area contributed by atoms with E-state index in [2.05, 4.69) is 33.8 Å². The topological polar surface area (TPSA) is 61.8 Å². The van der Waals surface area contributed by atoms with Crippen LogP contribution in [0.2, 0.25) is 0 Å². The number of carbonyl (C=O) groups is 2. The van der Waals surface area contributed by atoms with Gasteiger partial charge in [-0.1, -0.05) is 39.3 Å². The van der Waals surface area contributed by atoms with Crippen molar-refractivity contribution in [2.75, 3.05) is 21.3 Å². The number of allylic oxidation sites excluding steroid dienone is 4. The normalized spacial score (nSPS) is 27.8. The maximum absolute atomic E-state index is 13.3. The zero-order chi connectivity index (χ0) is 26.2. The van der Waals surface area contributed by atoms with Crippen molar-refractivity contribution in [2.24, 2.45) is 22.2 Å². The van der Waals surface area contributed by atoms with Gasteiger partial charge in [-0.25, -0.2) is 0 Å². The van der Waals surface area contributed by atoms with Gasteiger partial charge in [0.05, 0.1) is 21.3 Å². The fourth-order valence-corrected chi connectivity index (χ4v) is 6.66. The van der Waals surface area contributed by atoms with Gasteiger partial charge >= 0.3 is 0 Å². The molecule has 192 valence electrons. The Hall–Kier alpha value is -2.56. The summed E-state index contributed by atoms with van der Waals surface area (Å²) in [6.07, 6.45) is 6.61. The molecule has 2 aliphatic carbocycles. The van der Waals surface area contributed by atoms with Crippen LogP contribution in [0.3, 0.4) is 0 Å². The number of benzene rings is 1. The Morgan fingerprint density at radius 2 is 1.77 bits per heavy atom. The highest BCUT2D eigenvalue weighted by atomic mass is 16.5. The summed E-state index contributed by atoms with van der Waals surface area (Å²) in [5.74, 6) is 2.85. The molecule has 1 fully saturated rings. The minimum absolute atomic E-state index is 0.0944. The summed E-state index contributed by atoms with van der Waals surface area (Å²) in [5.41, 5.74) is 2.38. The smallest absolute Gasteiger partial charge is 0.159 e. The Balaban J connectivity index is 1.77. The first-order chi connectivity index (χ1) is 16.3. The van der Waals surface area contributed by atoms with E-state index in [1.165, 1.54) is 0 Å². The first-order valence-corrected chi connectivity index (χ1v) is 12.5. The second-order valence-corrected chi connectivity index (χ2v) is 11.5. The lowest BCUT2D eigenvalue weighted by molar-refractivity contribution is -0.128. The van der Waals surface area contributed by atoms with Gasteiger partial charge in [0.15, 0.2) is 5.78 Å². The highest BCUT2D eigenvalue weighted by Gasteiger charge is 2.65. The number of rotatable bonds is 9. The number of methoxy groups -OCH3 is 3. The lowest BCUT2D eigenvalue weighted by Gasteiger charge is -2.48. The van der Waals surface area contributed by atoms with Crippen molar-refractivity contribution in [3.05, 3.63) is 46.7 Å². The summed E-state index contributed by atoms with van der Waals surface area (Å²) in [7, 11) is 4.98. The Kier molecular flexibility index (Phi) is 7.59. The molecule has 0 aliphatic heterocycles. The third-order valence-electron chi connectivity index (χ3n) is 9.19. The van der Waals surface area contributed by atoms with Gasteiger partial charge in [0.2, 0.25) is 0 Å². The minimum atomic E-state index is -0.294. The second kappa shape index (κ2) is 9.83. The van der Waals surface area contributed by atoms with Crippen molar-refractivity contribution in [3.63, 3.8) is 0 Å². The van der Waals surface area contributed by atoms with Crippen LogP contribution in [0.15, 0.2) is 35.6 Å². The van der Waals surface area contributed by atoms with Crippen LogP contribution in [0.5, 0.6) is 11.5 Å². The number of ether oxygens (including phenoxy) is 3. The summed E-state index contributed by atoms with van der Waals surface area (Å²) < 4.78 is 16.7. The van der Waals surface area contributed by atoms with Gasteiger partial charge in [-0.15, -0.1) is 0 Å². The van der Waals surface area contributed by atoms with Gasteiger partial charge in [0, 0.05) is 36.8 Å². The van der Waals surface area contributed by atoms with Crippen molar-refractivity contribution in [1.29, 1.82) is 0 Å². The Labute approximate surface area is 210 Å². The van der Waals surface area contributed by atoms with Gasteiger partial charge in [-0.2, -0.15) is 0 Å². The molecule has 2 aliphatic rings. The molecule has 0 unspecified atom stereocenters. The monoisotopic (exact) mass is 482 g/mol. The summed E-state index contributed by atoms with van der Waals surface area (Å²) >= 11 is 0. The Morgan fingerprint density at radius 3 is 2.37 bits per heavy atom. The molecule has 5 nitrogen and oxygen atoms in total. The van der Waals surface area contributed by atoms with E-state index in [0.717, 1.165) is 40.4 Å². The van der Waals surface area contributed by atoms with E-state index < -0.39 is 0 Å². The highest BCUT2D eigenvalue weighted by Crippen LogP contribution is 2.70. The average Bonchev–Trinajstić information content (AvgIpc) is 2.87. The third kappa shape index (κ3) is 4.79. The van der Waals surface area contributed by atoms with Gasteiger partial charge < -0.3 is 14.2 Å². The van der Waals surface area contributed by atoms with Crippen LogP contribution in [0.1, 0.15) is 71.4 Å². The van der Waals surface area contributed by atoms with E-state index in [1.54, 1.807) is 27.4 Å². The van der Waals surface area contributed by atoms with Crippen molar-refractivity contribution in [2.45, 2.75) is 73.6 Å². The SMILES string of the molecule is COC1=CC(=O)C[C@]2(C)C(C)(C)[C@H]1C[C@@]2(C)CC(=O)C/C(C)=C/Cc1cc(OC)cc(C)c1OC. The van der Waals surface area contributed by atoms with E-state index in [0.29, 0.717) is 25.7 Å². The molecule has 2 bridgehead atoms. The second-order valence-electron chi connectivity index (χ2n) is 11.5. The van der Waals surface area contributed by atoms with Crippen LogP contribution in [-0.2, 0) is 20.7 Å². The summed E-state index contributed by atoms with van der Waals surface area (Å²) in [6, 6.07) is 3.95. The van der Waals surface area contributed by atoms with Crippen molar-refractivity contribution >= 4 is 11.6 Å². The number of hydrogen-bond acceptors (Lipinski definition) is 5. The van der Waals surface area contributed by atoms with Gasteiger partial charge in [-0.3, -0.25) is 9.59 Å². The minimum Gasteiger partial charge on any atom is -0.501 e. The van der Waals surface area contributed by atoms with E-state index in [4.69, 9.17) is 14.2 Å². The molecule has 0 saturated heterocycles. The zero-order valence-corrected chi connectivity index (χ0v) is 23.0. The van der Waals surface area contributed by atoms with E-state index in [1.807, 2.05) is 26.0 Å². The average molecular weight is 483 g/mol. The number of aryl methyl sites for hydroxylation is 1. The maximum Gasteiger partial charge on any atom is 0.159 e. The Bertz CT molecular complexity index is 1060. The number of ketones is 2. The summed E-state index contributed by atoms with van der Waals surface area (Å²) in [6.45, 7) is 12.9. The van der Waals surface area contributed by atoms with Crippen LogP contribution in [0, 0.1) is 29.1 Å². The predicted molar refractivity (Wildman–Crippen MR) is 139 cm³/mol. The number of carbonyl (C=O) groups excluding carboxylic acids is 2. The zero-order valence-electron chi connectivity index (χ0n) is 23.0. The maximum atomic E-state index is 13.3. The predicted octanol–water partition coefficient (Wildman–Crippen LogP) is 6.41. The number of Topliss-reactive ketones (excluding diaryl/α,β-unsaturated/α-hetero) is 1. The fourth-order valence-electron chi connectivity index (χ4n) is 6.66. The number of fused-ring (bicyclic) bond motifs is 2. The van der Waals surface area contributed by atoms with Gasteiger partial charge in [0.1, 0.15) is 23.0 Å². The van der Waals surface area contributed by atoms with Crippen molar-refractivity contribution in [3.8, 4) is 11.5 Å². The largest absolute Gasteiger partial charge is 0.501 e. The van der Waals surface area contributed by atoms with Crippen LogP contribution in [-0.4, -0.2) is 32.9 Å². The third-order valence-corrected chi connectivity index (χ3v) is 9.19. The standard InChI is InChI=1S/C30H42O5/c1-19(10-11-21-14-24(33-7)13-20(2)27(21)35-9)12-22(31)16-29(5)18-25-26(34-8)15-23(32)17-30(29,6)28(25,3)4/h10,13-15,25H,11-12,16-18H2,1-9H3/b19-10+/t25-,29+,30+/m0/s1. The van der Waals surface area contributed by atoms with E-state index >= 15 is 0 Å². The molecule has 0 heterocycles. The van der Waals surface area contributed by atoms with Crippen molar-refractivity contribution in [1.82, 2.24) is 0 Å². The highest BCUT2D eigenvalue weighted by molar-refractivity contribution is 5.91. The molecular weight excluding hydrogens is 440 g/mol. The molecule has 0 aromatic heterocycles. The van der Waals surface area contributed by atoms with Gasteiger partial charge in [-0.05, 0) is 60.6 Å². The lowest BCUT2D eigenvalue weighted by atomic mass is 9.55. The van der Waals surface area contributed by atoms with Gasteiger partial charge in [0.25, 0.3) is 0 Å². The molecule has 1 aromatic rings. The molecular formula is C30H42O5. The molecule has 0 amide bonds. The number of hydrogen-bond donors (Lipinski definition) is 0. The van der Waals surface area contributed by atoms with Crippen LogP contribution < -0.4 is 9.47 Å². The molecule has 3 rings (SSSR count). The quantitative estimate of drug-likeness (QED) is 0.381. The molecule has 3 atom stereocenters. The fraction of sp³-hybridized carbons (Fsp3) is 0.600. The first kappa shape index (κ1) is 27.0. The molecule has 35 heavy (non-hydrogen) atoms. The lowest BCUT2D eigenvalue weighted by Crippen LogP contribution is -2.44. The van der Waals surface area contributed by atoms with E-state index in [-0.39, 0.29) is 33.7 Å². The molecule has 0 spiro atoms. The Morgan fingerprint density at radius 1 is 1.09 bits per heavy atom. The van der Waals surface area contributed by atoms with Crippen LogP contribution in [0.25, 0.3) is 0 Å². The molecule has 0 radical (unpaired) electrons. The van der Waals surface area contributed by atoms with E-state index in [9.17, 15) is 9.59 Å². The molecule has 0 N–H and O–H groups in total. The molecule has 1 aromatic carbocycles. The first-order valence-electron chi connectivity index (χ1n) is 12.5.